The third-order valence-corrected chi connectivity index (χ3v) is 3.35. The lowest BCUT2D eigenvalue weighted by Gasteiger charge is -2.35. The van der Waals surface area contributed by atoms with Gasteiger partial charge in [-0.25, -0.2) is 0 Å². The van der Waals surface area contributed by atoms with E-state index in [0.29, 0.717) is 12.6 Å². The van der Waals surface area contributed by atoms with Gasteiger partial charge in [0.15, 0.2) is 0 Å². The first-order chi connectivity index (χ1) is 7.90. The van der Waals surface area contributed by atoms with Gasteiger partial charge in [0.05, 0.1) is 0 Å². The summed E-state index contributed by atoms with van der Waals surface area (Å²) in [6, 6.07) is 4.71. The molecule has 3 nitrogen and oxygen atoms in total. The molecule has 0 amide bonds. The number of aliphatic hydroxyl groups is 1. The molecular formula is C13H20N2O. The van der Waals surface area contributed by atoms with Gasteiger partial charge in [-0.3, -0.25) is 9.88 Å². The molecule has 2 rings (SSSR count). The van der Waals surface area contributed by atoms with Gasteiger partial charge >= 0.3 is 0 Å². The van der Waals surface area contributed by atoms with Crippen molar-refractivity contribution >= 4 is 0 Å². The van der Waals surface area contributed by atoms with Crippen molar-refractivity contribution in [1.82, 2.24) is 9.88 Å². The number of rotatable bonds is 4. The number of likely N-dealkylation sites (tertiary alicyclic amines) is 1. The van der Waals surface area contributed by atoms with E-state index in [2.05, 4.69) is 22.0 Å². The van der Waals surface area contributed by atoms with Gasteiger partial charge in [-0.2, -0.15) is 0 Å². The topological polar surface area (TPSA) is 36.4 Å². The predicted octanol–water partition coefficient (Wildman–Crippen LogP) is 1.82. The van der Waals surface area contributed by atoms with E-state index in [-0.39, 0.29) is 0 Å². The molecule has 1 fully saturated rings. The standard InChI is InChI=1S/C13H20N2O/c16-10-6-13-3-1-2-9-15(13)11-12-4-7-14-8-5-12/h4-5,7-8,13,16H,1-3,6,9-11H2/t13-/m0/s1. The zero-order valence-corrected chi connectivity index (χ0v) is 9.68. The van der Waals surface area contributed by atoms with Crippen molar-refractivity contribution in [2.24, 2.45) is 0 Å². The molecular weight excluding hydrogens is 200 g/mol. The van der Waals surface area contributed by atoms with Crippen molar-refractivity contribution in [3.8, 4) is 0 Å². The van der Waals surface area contributed by atoms with Crippen LogP contribution >= 0.6 is 0 Å². The largest absolute Gasteiger partial charge is 0.396 e. The van der Waals surface area contributed by atoms with Crippen LogP contribution in [0.1, 0.15) is 31.2 Å². The lowest BCUT2D eigenvalue weighted by Crippen LogP contribution is -2.39. The molecule has 0 radical (unpaired) electrons. The van der Waals surface area contributed by atoms with E-state index >= 15 is 0 Å². The molecule has 0 bridgehead atoms. The first kappa shape index (κ1) is 11.6. The first-order valence-electron chi connectivity index (χ1n) is 6.14. The van der Waals surface area contributed by atoms with Crippen LogP contribution in [0.5, 0.6) is 0 Å². The van der Waals surface area contributed by atoms with Gasteiger partial charge in [0.25, 0.3) is 0 Å². The Bertz CT molecular complexity index is 300. The molecule has 16 heavy (non-hydrogen) atoms. The van der Waals surface area contributed by atoms with Crippen LogP contribution in [-0.4, -0.2) is 34.2 Å². The fourth-order valence-corrected chi connectivity index (χ4v) is 2.47. The number of aromatic nitrogens is 1. The zero-order chi connectivity index (χ0) is 11.2. The molecule has 1 aliphatic rings. The molecule has 3 heteroatoms. The molecule has 1 aromatic heterocycles. The van der Waals surface area contributed by atoms with Crippen molar-refractivity contribution in [3.05, 3.63) is 30.1 Å². The van der Waals surface area contributed by atoms with E-state index in [1.165, 1.54) is 24.8 Å². The zero-order valence-electron chi connectivity index (χ0n) is 9.68. The van der Waals surface area contributed by atoms with E-state index in [1.807, 2.05) is 12.4 Å². The Labute approximate surface area is 97.1 Å². The van der Waals surface area contributed by atoms with Crippen molar-refractivity contribution < 1.29 is 5.11 Å². The maximum absolute atomic E-state index is 9.07. The van der Waals surface area contributed by atoms with E-state index in [0.717, 1.165) is 19.5 Å². The average molecular weight is 220 g/mol. The fourth-order valence-electron chi connectivity index (χ4n) is 2.47. The summed E-state index contributed by atoms with van der Waals surface area (Å²) in [4.78, 5) is 6.53. The summed E-state index contributed by atoms with van der Waals surface area (Å²) in [5, 5.41) is 9.07. The summed E-state index contributed by atoms with van der Waals surface area (Å²) < 4.78 is 0. The Morgan fingerprint density at radius 1 is 1.31 bits per heavy atom. The molecule has 1 aliphatic heterocycles. The molecule has 0 aromatic carbocycles. The minimum absolute atomic E-state index is 0.303. The molecule has 2 heterocycles. The van der Waals surface area contributed by atoms with Crippen LogP contribution in [-0.2, 0) is 6.54 Å². The Balaban J connectivity index is 1.96. The van der Waals surface area contributed by atoms with Gasteiger partial charge < -0.3 is 5.11 Å². The lowest BCUT2D eigenvalue weighted by atomic mass is 9.99. The molecule has 0 unspecified atom stereocenters. The summed E-state index contributed by atoms with van der Waals surface area (Å²) in [5.74, 6) is 0. The molecule has 1 saturated heterocycles. The minimum Gasteiger partial charge on any atom is -0.396 e. The predicted molar refractivity (Wildman–Crippen MR) is 64.0 cm³/mol. The van der Waals surface area contributed by atoms with Crippen molar-refractivity contribution in [2.75, 3.05) is 13.2 Å². The van der Waals surface area contributed by atoms with Crippen molar-refractivity contribution in [1.29, 1.82) is 0 Å². The molecule has 0 aliphatic carbocycles. The summed E-state index contributed by atoms with van der Waals surface area (Å²) in [7, 11) is 0. The van der Waals surface area contributed by atoms with E-state index in [9.17, 15) is 0 Å². The van der Waals surface area contributed by atoms with Gasteiger partial charge in [-0.05, 0) is 43.5 Å². The van der Waals surface area contributed by atoms with Gasteiger partial charge in [-0.15, -0.1) is 0 Å². The Morgan fingerprint density at radius 2 is 2.12 bits per heavy atom. The van der Waals surface area contributed by atoms with Gasteiger partial charge in [0.2, 0.25) is 0 Å². The van der Waals surface area contributed by atoms with Crippen molar-refractivity contribution in [2.45, 2.75) is 38.3 Å². The number of hydrogen-bond acceptors (Lipinski definition) is 3. The second kappa shape index (κ2) is 5.97. The van der Waals surface area contributed by atoms with Crippen LogP contribution in [0.2, 0.25) is 0 Å². The number of nitrogens with zero attached hydrogens (tertiary/aromatic N) is 2. The van der Waals surface area contributed by atoms with Gasteiger partial charge in [0.1, 0.15) is 0 Å². The average Bonchev–Trinajstić information content (AvgIpc) is 2.33. The molecule has 0 spiro atoms. The molecule has 88 valence electrons. The molecule has 1 atom stereocenters. The van der Waals surface area contributed by atoms with E-state index in [4.69, 9.17) is 5.11 Å². The van der Waals surface area contributed by atoms with Crippen molar-refractivity contribution in [3.63, 3.8) is 0 Å². The monoisotopic (exact) mass is 220 g/mol. The summed E-state index contributed by atoms with van der Waals surface area (Å²) in [6.45, 7) is 2.46. The SMILES string of the molecule is OCC[C@@H]1CCCCN1Cc1ccncc1. The lowest BCUT2D eigenvalue weighted by molar-refractivity contribution is 0.112. The second-order valence-electron chi connectivity index (χ2n) is 4.49. The number of hydrogen-bond donors (Lipinski definition) is 1. The Kier molecular flexibility index (Phi) is 4.31. The normalized spacial score (nSPS) is 22.2. The quantitative estimate of drug-likeness (QED) is 0.841. The number of piperidine rings is 1. The fraction of sp³-hybridized carbons (Fsp3) is 0.615. The van der Waals surface area contributed by atoms with Crippen LogP contribution < -0.4 is 0 Å². The second-order valence-corrected chi connectivity index (χ2v) is 4.49. The summed E-state index contributed by atoms with van der Waals surface area (Å²) in [5.41, 5.74) is 1.32. The third kappa shape index (κ3) is 3.03. The highest BCUT2D eigenvalue weighted by atomic mass is 16.3. The smallest absolute Gasteiger partial charge is 0.0445 e. The maximum Gasteiger partial charge on any atom is 0.0445 e. The molecule has 0 saturated carbocycles. The number of aliphatic hydroxyl groups excluding tert-OH is 1. The van der Waals surface area contributed by atoms with Crippen LogP contribution in [0, 0.1) is 0 Å². The van der Waals surface area contributed by atoms with Crippen LogP contribution in [0.4, 0.5) is 0 Å². The van der Waals surface area contributed by atoms with Gasteiger partial charge in [-0.1, -0.05) is 6.42 Å². The first-order valence-corrected chi connectivity index (χ1v) is 6.14. The Hall–Kier alpha value is -0.930. The van der Waals surface area contributed by atoms with Crippen LogP contribution in [0.15, 0.2) is 24.5 Å². The Morgan fingerprint density at radius 3 is 2.88 bits per heavy atom. The van der Waals surface area contributed by atoms with E-state index < -0.39 is 0 Å². The summed E-state index contributed by atoms with van der Waals surface area (Å²) in [6.07, 6.45) is 8.42. The summed E-state index contributed by atoms with van der Waals surface area (Å²) >= 11 is 0. The maximum atomic E-state index is 9.07. The van der Waals surface area contributed by atoms with E-state index in [1.54, 1.807) is 0 Å². The van der Waals surface area contributed by atoms with Crippen LogP contribution in [0.25, 0.3) is 0 Å². The molecule has 1 aromatic rings. The highest BCUT2D eigenvalue weighted by molar-refractivity contribution is 5.09. The molecule has 1 N–H and O–H groups in total. The van der Waals surface area contributed by atoms with Crippen LogP contribution in [0.3, 0.4) is 0 Å². The minimum atomic E-state index is 0.303. The van der Waals surface area contributed by atoms with Gasteiger partial charge in [0, 0.05) is 31.6 Å². The highest BCUT2D eigenvalue weighted by Gasteiger charge is 2.21. The third-order valence-electron chi connectivity index (χ3n) is 3.35. The number of pyridine rings is 1. The highest BCUT2D eigenvalue weighted by Crippen LogP contribution is 2.21.